The molecule has 0 amide bonds. The summed E-state index contributed by atoms with van der Waals surface area (Å²) in [6, 6.07) is 17.4. The van der Waals surface area contributed by atoms with Crippen molar-refractivity contribution in [3.8, 4) is 22.2 Å². The number of alkyl halides is 3. The Kier molecular flexibility index (Phi) is 7.21. The first-order valence-corrected chi connectivity index (χ1v) is 13.5. The van der Waals surface area contributed by atoms with Crippen LogP contribution in [0.15, 0.2) is 80.6 Å². The van der Waals surface area contributed by atoms with Gasteiger partial charge >= 0.3 is 17.8 Å². The van der Waals surface area contributed by atoms with E-state index in [2.05, 4.69) is 9.82 Å². The Morgan fingerprint density at radius 2 is 1.88 bits per heavy atom. The van der Waals surface area contributed by atoms with Crippen molar-refractivity contribution in [3.05, 3.63) is 87.8 Å². The summed E-state index contributed by atoms with van der Waals surface area (Å²) in [5.74, 6) is -3.02. The molecule has 206 valence electrons. The predicted octanol–water partition coefficient (Wildman–Crippen LogP) is 4.73. The first kappa shape index (κ1) is 27.1. The number of aryl methyl sites for hydroxylation is 1. The second kappa shape index (κ2) is 10.6. The van der Waals surface area contributed by atoms with Crippen LogP contribution in [0.25, 0.3) is 21.5 Å². The fourth-order valence-corrected chi connectivity index (χ4v) is 6.28. The van der Waals surface area contributed by atoms with Crippen molar-refractivity contribution in [1.82, 2.24) is 14.7 Å². The summed E-state index contributed by atoms with van der Waals surface area (Å²) in [7, 11) is -1.89. The normalized spacial score (nSPS) is 12.4. The summed E-state index contributed by atoms with van der Waals surface area (Å²) < 4.78 is 57.5. The van der Waals surface area contributed by atoms with Gasteiger partial charge < -0.3 is 14.7 Å². The zero-order chi connectivity index (χ0) is 28.6. The van der Waals surface area contributed by atoms with Gasteiger partial charge in [0.15, 0.2) is 5.69 Å². The molecule has 1 atom stereocenters. The number of aromatic nitrogens is 3. The van der Waals surface area contributed by atoms with Crippen molar-refractivity contribution >= 4 is 39.0 Å². The molecule has 0 radical (unpaired) electrons. The summed E-state index contributed by atoms with van der Waals surface area (Å²) in [6.45, 7) is 2.16. The molecule has 0 spiro atoms. The van der Waals surface area contributed by atoms with Crippen molar-refractivity contribution in [2.45, 2.75) is 29.5 Å². The molecule has 5 aromatic rings. The van der Waals surface area contributed by atoms with E-state index in [9.17, 15) is 32.1 Å². The summed E-state index contributed by atoms with van der Waals surface area (Å²) in [6.07, 6.45) is -5.39. The number of benzene rings is 2. The lowest BCUT2D eigenvalue weighted by Gasteiger charge is -2.11. The molecule has 40 heavy (non-hydrogen) atoms. The minimum absolute atomic E-state index is 0.0147. The van der Waals surface area contributed by atoms with Crippen LogP contribution in [0.2, 0.25) is 0 Å². The molecule has 3 aromatic heterocycles. The molecule has 0 saturated heterocycles. The van der Waals surface area contributed by atoms with Crippen LogP contribution in [-0.4, -0.2) is 36.2 Å². The Labute approximate surface area is 229 Å². The molecule has 0 aliphatic carbocycles. The minimum atomic E-state index is -5.39. The monoisotopic (exact) mass is 589 g/mol. The number of hydrogen-bond acceptors (Lipinski definition) is 8. The standard InChI is InChI=1S/C26H18F3N3O6S2/c1-14-12-15(18-4-2-3-5-19(18)30-14)13-37-16-6-8-17(9-7-16)40(36)20-10-11-39-22(20)21-23(33)31-25(35)32(21)38-24(34)26(27,28)29/h2-12,33H,13H2,1H3,(H,31,35). The van der Waals surface area contributed by atoms with E-state index in [4.69, 9.17) is 4.74 Å². The summed E-state index contributed by atoms with van der Waals surface area (Å²) in [4.78, 5) is 34.3. The van der Waals surface area contributed by atoms with Crippen LogP contribution in [0.4, 0.5) is 13.2 Å². The molecule has 0 bridgehead atoms. The molecule has 0 fully saturated rings. The maximum Gasteiger partial charge on any atom is 0.493 e. The molecule has 0 aliphatic rings. The van der Waals surface area contributed by atoms with Crippen LogP contribution in [0.1, 0.15) is 11.3 Å². The fourth-order valence-electron chi connectivity index (χ4n) is 3.91. The van der Waals surface area contributed by atoms with E-state index >= 15 is 0 Å². The number of nitrogens with zero attached hydrogens (tertiary/aromatic N) is 2. The summed E-state index contributed by atoms with van der Waals surface area (Å²) in [5, 5.41) is 12.6. The van der Waals surface area contributed by atoms with Crippen LogP contribution >= 0.6 is 11.3 Å². The van der Waals surface area contributed by atoms with Gasteiger partial charge in [0.05, 0.1) is 26.1 Å². The van der Waals surface area contributed by atoms with E-state index in [0.717, 1.165) is 33.5 Å². The Balaban J connectivity index is 1.38. The number of carbonyl (C=O) groups is 1. The number of para-hydroxylation sites is 1. The van der Waals surface area contributed by atoms with Gasteiger partial charge in [0.2, 0.25) is 5.88 Å². The number of H-pyrrole nitrogens is 1. The number of fused-ring (bicyclic) bond motifs is 1. The number of halogens is 3. The second-order valence-electron chi connectivity index (χ2n) is 8.38. The van der Waals surface area contributed by atoms with Gasteiger partial charge in [-0.15, -0.1) is 16.1 Å². The third-order valence-corrected chi connectivity index (χ3v) is 8.14. The van der Waals surface area contributed by atoms with Crippen LogP contribution in [0.3, 0.4) is 0 Å². The average molecular weight is 590 g/mol. The molecular weight excluding hydrogens is 571 g/mol. The smallest absolute Gasteiger partial charge is 0.493 e. The molecule has 2 N–H and O–H groups in total. The molecule has 0 aliphatic heterocycles. The Morgan fingerprint density at radius 1 is 1.15 bits per heavy atom. The van der Waals surface area contributed by atoms with E-state index in [-0.39, 0.29) is 21.1 Å². The van der Waals surface area contributed by atoms with Gasteiger partial charge in [-0.05, 0) is 54.8 Å². The lowest BCUT2D eigenvalue weighted by molar-refractivity contribution is -0.200. The van der Waals surface area contributed by atoms with E-state index in [0.29, 0.717) is 10.6 Å². The number of hydrogen-bond donors (Lipinski definition) is 2. The van der Waals surface area contributed by atoms with E-state index in [1.807, 2.05) is 42.2 Å². The van der Waals surface area contributed by atoms with Gasteiger partial charge in [-0.2, -0.15) is 13.2 Å². The number of aromatic amines is 1. The maximum absolute atomic E-state index is 13.4. The Hall–Kier alpha value is -4.43. The second-order valence-corrected chi connectivity index (χ2v) is 10.7. The number of thiophene rings is 1. The van der Waals surface area contributed by atoms with E-state index in [1.54, 1.807) is 24.3 Å². The lowest BCUT2D eigenvalue weighted by Crippen LogP contribution is -2.37. The van der Waals surface area contributed by atoms with Gasteiger partial charge in [0.25, 0.3) is 0 Å². The van der Waals surface area contributed by atoms with Crippen LogP contribution in [-0.2, 0) is 22.2 Å². The van der Waals surface area contributed by atoms with Crippen molar-refractivity contribution in [3.63, 3.8) is 0 Å². The number of pyridine rings is 1. The van der Waals surface area contributed by atoms with Crippen molar-refractivity contribution < 1.29 is 36.9 Å². The average Bonchev–Trinajstić information content (AvgIpc) is 3.49. The number of ether oxygens (including phenoxy) is 1. The van der Waals surface area contributed by atoms with Gasteiger partial charge in [0, 0.05) is 21.5 Å². The first-order chi connectivity index (χ1) is 19.0. The highest BCUT2D eigenvalue weighted by atomic mass is 32.2. The van der Waals surface area contributed by atoms with E-state index in [1.165, 1.54) is 11.4 Å². The third-order valence-electron chi connectivity index (χ3n) is 5.65. The maximum atomic E-state index is 13.4. The Morgan fingerprint density at radius 3 is 2.60 bits per heavy atom. The van der Waals surface area contributed by atoms with Crippen LogP contribution in [0, 0.1) is 6.92 Å². The number of aromatic hydroxyl groups is 1. The number of rotatable bonds is 7. The fraction of sp³-hybridized carbons (Fsp3) is 0.115. The van der Waals surface area contributed by atoms with Crippen molar-refractivity contribution in [1.29, 1.82) is 0 Å². The Bertz CT molecular complexity index is 1810. The SMILES string of the molecule is Cc1cc(COc2ccc(S(=O)c3ccsc3-c3c(O)[nH]c(=O)n3OC(=O)C(F)(F)F)cc2)c2ccccc2n1. The molecule has 9 nitrogen and oxygen atoms in total. The quantitative estimate of drug-likeness (QED) is 0.281. The highest BCUT2D eigenvalue weighted by Crippen LogP contribution is 2.37. The number of imidazole rings is 1. The van der Waals surface area contributed by atoms with Gasteiger partial charge in [-0.3, -0.25) is 9.97 Å². The molecule has 0 saturated carbocycles. The van der Waals surface area contributed by atoms with Gasteiger partial charge in [-0.25, -0.2) is 13.8 Å². The van der Waals surface area contributed by atoms with Crippen LogP contribution < -0.4 is 15.3 Å². The van der Waals surface area contributed by atoms with Crippen molar-refractivity contribution in [2.24, 2.45) is 0 Å². The zero-order valence-corrected chi connectivity index (χ0v) is 22.0. The van der Waals surface area contributed by atoms with Crippen molar-refractivity contribution in [2.75, 3.05) is 0 Å². The third kappa shape index (κ3) is 5.35. The highest BCUT2D eigenvalue weighted by Gasteiger charge is 2.43. The topological polar surface area (TPSA) is 124 Å². The van der Waals surface area contributed by atoms with E-state index < -0.39 is 40.2 Å². The van der Waals surface area contributed by atoms with Gasteiger partial charge in [-0.1, -0.05) is 18.2 Å². The highest BCUT2D eigenvalue weighted by molar-refractivity contribution is 7.85. The lowest BCUT2D eigenvalue weighted by atomic mass is 10.1. The van der Waals surface area contributed by atoms with Crippen LogP contribution in [0.5, 0.6) is 11.6 Å². The zero-order valence-electron chi connectivity index (χ0n) is 20.4. The molecular formula is C26H18F3N3O6S2. The minimum Gasteiger partial charge on any atom is -0.493 e. The predicted molar refractivity (Wildman–Crippen MR) is 140 cm³/mol. The van der Waals surface area contributed by atoms with Gasteiger partial charge in [0.1, 0.15) is 12.4 Å². The molecule has 14 heteroatoms. The number of carbonyl (C=O) groups excluding carboxylic acids is 1. The molecule has 2 aromatic carbocycles. The molecule has 5 rings (SSSR count). The summed E-state index contributed by atoms with van der Waals surface area (Å²) >= 11 is 0.878. The largest absolute Gasteiger partial charge is 0.493 e. The molecule has 1 unspecified atom stereocenters. The summed E-state index contributed by atoms with van der Waals surface area (Å²) in [5.41, 5.74) is 0.754. The first-order valence-electron chi connectivity index (χ1n) is 11.4. The number of nitrogens with one attached hydrogen (secondary N) is 1. The molecule has 3 heterocycles.